The molecule has 1 fully saturated rings. The molecule has 1 aliphatic rings. The Balaban J connectivity index is 1.76. The van der Waals surface area contributed by atoms with E-state index in [0.717, 1.165) is 22.0 Å². The van der Waals surface area contributed by atoms with Crippen molar-refractivity contribution in [3.63, 3.8) is 0 Å². The highest BCUT2D eigenvalue weighted by Gasteiger charge is 2.37. The summed E-state index contributed by atoms with van der Waals surface area (Å²) in [6.45, 7) is 3.72. The van der Waals surface area contributed by atoms with E-state index in [-0.39, 0.29) is 11.3 Å². The maximum absolute atomic E-state index is 13.1. The van der Waals surface area contributed by atoms with Crippen LogP contribution in [0.15, 0.2) is 60.2 Å². The number of carbonyl (C=O) groups excluding carboxylic acids is 3. The van der Waals surface area contributed by atoms with Gasteiger partial charge in [0, 0.05) is 28.2 Å². The number of nitrogens with zero attached hydrogens (tertiary/aromatic N) is 2. The molecule has 3 aromatic rings. The number of aromatic hydroxyl groups is 1. The van der Waals surface area contributed by atoms with Gasteiger partial charge in [-0.2, -0.15) is 0 Å². The van der Waals surface area contributed by atoms with Gasteiger partial charge in [0.1, 0.15) is 11.3 Å². The lowest BCUT2D eigenvalue weighted by Gasteiger charge is -2.26. The molecule has 2 heterocycles. The Morgan fingerprint density at radius 3 is 2.35 bits per heavy atom. The summed E-state index contributed by atoms with van der Waals surface area (Å²) in [6, 6.07) is 14.0. The Morgan fingerprint density at radius 1 is 0.968 bits per heavy atom. The first-order valence-electron chi connectivity index (χ1n) is 9.41. The lowest BCUT2D eigenvalue weighted by molar-refractivity contribution is -0.122. The number of amides is 4. The van der Waals surface area contributed by atoms with E-state index >= 15 is 0 Å². The van der Waals surface area contributed by atoms with Gasteiger partial charge in [0.2, 0.25) is 0 Å². The van der Waals surface area contributed by atoms with Crippen LogP contribution in [-0.2, 0) is 9.59 Å². The van der Waals surface area contributed by atoms with Crippen LogP contribution < -0.4 is 10.2 Å². The zero-order valence-electron chi connectivity index (χ0n) is 16.7. The van der Waals surface area contributed by atoms with Crippen molar-refractivity contribution < 1.29 is 19.5 Å². The average Bonchev–Trinajstić information content (AvgIpc) is 2.99. The number of hydrogen-bond acceptors (Lipinski definition) is 4. The molecule has 0 unspecified atom stereocenters. The molecule has 0 bridgehead atoms. The fraction of sp³-hybridized carbons (Fsp3) is 0.0870. The van der Waals surface area contributed by atoms with Gasteiger partial charge in [-0.05, 0) is 68.0 Å². The number of aromatic nitrogens is 1. The van der Waals surface area contributed by atoms with Gasteiger partial charge in [-0.1, -0.05) is 17.7 Å². The molecule has 2 aromatic carbocycles. The van der Waals surface area contributed by atoms with E-state index in [1.165, 1.54) is 18.2 Å². The number of phenols is 1. The normalized spacial score (nSPS) is 15.5. The lowest BCUT2D eigenvalue weighted by atomic mass is 10.1. The number of aryl methyl sites for hydroxylation is 1. The summed E-state index contributed by atoms with van der Waals surface area (Å²) in [4.78, 5) is 38.7. The Hall–Kier alpha value is -3.84. The monoisotopic (exact) mass is 435 g/mol. The van der Waals surface area contributed by atoms with Crippen LogP contribution in [-0.4, -0.2) is 27.5 Å². The smallest absolute Gasteiger partial charge is 0.335 e. The standard InChI is InChI=1S/C23H18ClN3O4/c1-13-10-15(14(2)26(13)18-4-3-5-19(28)12-18)11-20-21(29)25-23(31)27(22(20)30)17-8-6-16(24)7-9-17/h3-12,28H,1-2H3,(H,25,29,31)/b20-11-. The third kappa shape index (κ3) is 3.71. The van der Waals surface area contributed by atoms with Crippen LogP contribution in [0.2, 0.25) is 5.02 Å². The molecule has 2 N–H and O–H groups in total. The molecule has 0 spiro atoms. The second-order valence-corrected chi connectivity index (χ2v) is 7.55. The van der Waals surface area contributed by atoms with Crippen LogP contribution >= 0.6 is 11.6 Å². The molecule has 156 valence electrons. The van der Waals surface area contributed by atoms with Crippen LogP contribution in [0.5, 0.6) is 5.75 Å². The minimum atomic E-state index is -0.820. The van der Waals surface area contributed by atoms with Crippen molar-refractivity contribution in [1.82, 2.24) is 9.88 Å². The quantitative estimate of drug-likeness (QED) is 0.478. The molecule has 1 saturated heterocycles. The number of barbiturate groups is 1. The van der Waals surface area contributed by atoms with Crippen LogP contribution in [0, 0.1) is 13.8 Å². The zero-order chi connectivity index (χ0) is 22.3. The van der Waals surface area contributed by atoms with Crippen molar-refractivity contribution in [3.05, 3.63) is 82.1 Å². The van der Waals surface area contributed by atoms with E-state index in [9.17, 15) is 19.5 Å². The fourth-order valence-corrected chi connectivity index (χ4v) is 3.73. The van der Waals surface area contributed by atoms with Crippen molar-refractivity contribution in [2.45, 2.75) is 13.8 Å². The second-order valence-electron chi connectivity index (χ2n) is 7.12. The van der Waals surface area contributed by atoms with Gasteiger partial charge in [-0.25, -0.2) is 9.69 Å². The molecule has 1 aromatic heterocycles. The van der Waals surface area contributed by atoms with Gasteiger partial charge in [0.25, 0.3) is 11.8 Å². The lowest BCUT2D eigenvalue weighted by Crippen LogP contribution is -2.54. The minimum Gasteiger partial charge on any atom is -0.508 e. The highest BCUT2D eigenvalue weighted by atomic mass is 35.5. The number of urea groups is 1. The van der Waals surface area contributed by atoms with Crippen molar-refractivity contribution in [2.75, 3.05) is 4.90 Å². The number of benzene rings is 2. The van der Waals surface area contributed by atoms with Gasteiger partial charge in [0.15, 0.2) is 0 Å². The molecule has 0 aliphatic carbocycles. The summed E-state index contributed by atoms with van der Waals surface area (Å²) in [5, 5.41) is 12.5. The van der Waals surface area contributed by atoms with Crippen LogP contribution in [0.3, 0.4) is 0 Å². The first kappa shape index (κ1) is 20.4. The van der Waals surface area contributed by atoms with E-state index in [0.29, 0.717) is 16.3 Å². The molecular formula is C23H18ClN3O4. The highest BCUT2D eigenvalue weighted by molar-refractivity contribution is 6.39. The second kappa shape index (κ2) is 7.77. The largest absolute Gasteiger partial charge is 0.508 e. The zero-order valence-corrected chi connectivity index (χ0v) is 17.5. The highest BCUT2D eigenvalue weighted by Crippen LogP contribution is 2.27. The Labute approximate surface area is 183 Å². The minimum absolute atomic E-state index is 0.129. The van der Waals surface area contributed by atoms with Gasteiger partial charge >= 0.3 is 6.03 Å². The molecule has 0 saturated carbocycles. The molecule has 4 amide bonds. The number of anilines is 1. The Morgan fingerprint density at radius 2 is 1.68 bits per heavy atom. The van der Waals surface area contributed by atoms with E-state index in [1.807, 2.05) is 30.5 Å². The van der Waals surface area contributed by atoms with Crippen molar-refractivity contribution in [2.24, 2.45) is 0 Å². The van der Waals surface area contributed by atoms with Crippen molar-refractivity contribution in [3.8, 4) is 11.4 Å². The number of nitrogens with one attached hydrogen (secondary N) is 1. The first-order valence-corrected chi connectivity index (χ1v) is 9.79. The predicted molar refractivity (Wildman–Crippen MR) is 117 cm³/mol. The predicted octanol–water partition coefficient (Wildman–Crippen LogP) is 4.12. The molecule has 31 heavy (non-hydrogen) atoms. The fourth-order valence-electron chi connectivity index (χ4n) is 3.60. The Kier molecular flexibility index (Phi) is 5.12. The first-order chi connectivity index (χ1) is 14.8. The van der Waals surface area contributed by atoms with Gasteiger partial charge in [0.05, 0.1) is 5.69 Å². The average molecular weight is 436 g/mol. The van der Waals surface area contributed by atoms with Crippen LogP contribution in [0.4, 0.5) is 10.5 Å². The van der Waals surface area contributed by atoms with Gasteiger partial charge in [-0.15, -0.1) is 0 Å². The summed E-state index contributed by atoms with van der Waals surface area (Å²) in [5.41, 5.74) is 3.15. The maximum Gasteiger partial charge on any atom is 0.335 e. The van der Waals surface area contributed by atoms with Crippen LogP contribution in [0.1, 0.15) is 17.0 Å². The number of carbonyl (C=O) groups is 3. The number of phenolic OH excluding ortho intramolecular Hbond substituents is 1. The van der Waals surface area contributed by atoms with E-state index in [1.54, 1.807) is 30.3 Å². The number of imide groups is 2. The van der Waals surface area contributed by atoms with E-state index in [4.69, 9.17) is 11.6 Å². The number of hydrogen-bond donors (Lipinski definition) is 2. The molecule has 1 aliphatic heterocycles. The van der Waals surface area contributed by atoms with E-state index < -0.39 is 17.8 Å². The summed E-state index contributed by atoms with van der Waals surface area (Å²) in [5.74, 6) is -1.36. The maximum atomic E-state index is 13.1. The molecule has 4 rings (SSSR count). The molecule has 8 heteroatoms. The molecule has 0 atom stereocenters. The molecule has 7 nitrogen and oxygen atoms in total. The Bertz CT molecular complexity index is 1260. The van der Waals surface area contributed by atoms with Crippen molar-refractivity contribution in [1.29, 1.82) is 0 Å². The topological polar surface area (TPSA) is 91.6 Å². The number of halogens is 1. The molecule has 0 radical (unpaired) electrons. The summed E-state index contributed by atoms with van der Waals surface area (Å²) >= 11 is 5.89. The van der Waals surface area contributed by atoms with Crippen LogP contribution in [0.25, 0.3) is 11.8 Å². The number of rotatable bonds is 3. The summed E-state index contributed by atoms with van der Waals surface area (Å²) < 4.78 is 1.90. The summed E-state index contributed by atoms with van der Waals surface area (Å²) in [6.07, 6.45) is 1.47. The van der Waals surface area contributed by atoms with Gasteiger partial charge in [-0.3, -0.25) is 14.9 Å². The third-order valence-corrected chi connectivity index (χ3v) is 5.30. The third-order valence-electron chi connectivity index (χ3n) is 5.04. The van der Waals surface area contributed by atoms with Gasteiger partial charge < -0.3 is 9.67 Å². The molecular weight excluding hydrogens is 418 g/mol. The SMILES string of the molecule is Cc1cc(/C=C2/C(=O)NC(=O)N(c3ccc(Cl)cc3)C2=O)c(C)n1-c1cccc(O)c1. The van der Waals surface area contributed by atoms with Crippen molar-refractivity contribution >= 4 is 41.2 Å². The summed E-state index contributed by atoms with van der Waals surface area (Å²) in [7, 11) is 0. The van der Waals surface area contributed by atoms with E-state index in [2.05, 4.69) is 5.32 Å².